The topological polar surface area (TPSA) is 71.5 Å². The molecule has 1 fully saturated rings. The van der Waals surface area contributed by atoms with Crippen LogP contribution in [0.3, 0.4) is 0 Å². The molecule has 32 heavy (non-hydrogen) atoms. The number of carbonyl (C=O) groups is 1. The van der Waals surface area contributed by atoms with Gasteiger partial charge in [0.2, 0.25) is 11.0 Å². The fourth-order valence-corrected chi connectivity index (χ4v) is 4.29. The molecule has 0 N–H and O–H groups in total. The molecule has 2 aromatic carbocycles. The van der Waals surface area contributed by atoms with Gasteiger partial charge < -0.3 is 14.5 Å². The Morgan fingerprint density at radius 1 is 0.906 bits per heavy atom. The molecule has 1 saturated heterocycles. The zero-order chi connectivity index (χ0) is 21.8. The van der Waals surface area contributed by atoms with Crippen molar-refractivity contribution in [1.82, 2.24) is 19.2 Å². The van der Waals surface area contributed by atoms with E-state index in [9.17, 15) is 4.79 Å². The van der Waals surface area contributed by atoms with Crippen LogP contribution in [0.4, 0.5) is 5.13 Å². The van der Waals surface area contributed by atoms with Gasteiger partial charge in [0.15, 0.2) is 5.82 Å². The number of benzene rings is 2. The summed E-state index contributed by atoms with van der Waals surface area (Å²) in [6.07, 6.45) is 1.67. The van der Waals surface area contributed by atoms with E-state index in [1.54, 1.807) is 18.3 Å². The van der Waals surface area contributed by atoms with Crippen LogP contribution in [-0.2, 0) is 0 Å². The van der Waals surface area contributed by atoms with Crippen LogP contribution in [0.5, 0.6) is 11.6 Å². The molecular formula is C24H21N5O2S. The van der Waals surface area contributed by atoms with Crippen molar-refractivity contribution in [2.24, 2.45) is 0 Å². The highest BCUT2D eigenvalue weighted by Crippen LogP contribution is 2.25. The maximum absolute atomic E-state index is 13.0. The number of anilines is 1. The summed E-state index contributed by atoms with van der Waals surface area (Å²) in [6, 6.07) is 22.7. The molecular weight excluding hydrogens is 422 g/mol. The van der Waals surface area contributed by atoms with Crippen molar-refractivity contribution in [2.45, 2.75) is 0 Å². The highest BCUT2D eigenvalue weighted by molar-refractivity contribution is 7.09. The fourth-order valence-electron chi connectivity index (χ4n) is 3.55. The van der Waals surface area contributed by atoms with Gasteiger partial charge in [-0.3, -0.25) is 4.79 Å². The molecule has 1 aliphatic rings. The number of ether oxygens (including phenoxy) is 1. The standard InChI is InChI=1S/C24H21N5O2S/c30-23(19-9-6-10-20(17-19)31-21-11-4-5-12-25-21)28-13-15-29(16-14-28)24-26-22(27-32-24)18-7-2-1-3-8-18/h1-12,17H,13-16H2. The molecule has 2 aromatic heterocycles. The van der Waals surface area contributed by atoms with Crippen molar-refractivity contribution < 1.29 is 9.53 Å². The van der Waals surface area contributed by atoms with Crippen LogP contribution in [0, 0.1) is 0 Å². The Bertz CT molecular complexity index is 1190. The number of hydrogen-bond acceptors (Lipinski definition) is 7. The van der Waals surface area contributed by atoms with Crippen molar-refractivity contribution in [3.63, 3.8) is 0 Å². The minimum absolute atomic E-state index is 0.00152. The minimum atomic E-state index is -0.00152. The molecule has 8 heteroatoms. The van der Waals surface area contributed by atoms with Gasteiger partial charge in [0.25, 0.3) is 5.91 Å². The van der Waals surface area contributed by atoms with Gasteiger partial charge in [0.1, 0.15) is 5.75 Å². The molecule has 0 unspecified atom stereocenters. The van der Waals surface area contributed by atoms with Crippen LogP contribution >= 0.6 is 11.5 Å². The average molecular weight is 444 g/mol. The quantitative estimate of drug-likeness (QED) is 0.457. The fraction of sp³-hybridized carbons (Fsp3) is 0.167. The lowest BCUT2D eigenvalue weighted by Crippen LogP contribution is -2.48. The number of piperazine rings is 1. The van der Waals surface area contributed by atoms with E-state index in [-0.39, 0.29) is 5.91 Å². The van der Waals surface area contributed by atoms with Crippen LogP contribution < -0.4 is 9.64 Å². The maximum Gasteiger partial charge on any atom is 0.254 e. The summed E-state index contributed by atoms with van der Waals surface area (Å²) < 4.78 is 10.3. The lowest BCUT2D eigenvalue weighted by molar-refractivity contribution is 0.0746. The van der Waals surface area contributed by atoms with Crippen LogP contribution in [0.25, 0.3) is 11.4 Å². The molecule has 0 bridgehead atoms. The van der Waals surface area contributed by atoms with Gasteiger partial charge in [-0.2, -0.15) is 9.36 Å². The summed E-state index contributed by atoms with van der Waals surface area (Å²) in [5.41, 5.74) is 1.62. The molecule has 0 spiro atoms. The SMILES string of the molecule is O=C(c1cccc(Oc2ccccn2)c1)N1CCN(c2nc(-c3ccccc3)ns2)CC1. The Kier molecular flexibility index (Phi) is 5.76. The molecule has 4 aromatic rings. The van der Waals surface area contributed by atoms with E-state index in [1.807, 2.05) is 65.6 Å². The van der Waals surface area contributed by atoms with Crippen molar-refractivity contribution in [3.8, 4) is 23.0 Å². The van der Waals surface area contributed by atoms with Gasteiger partial charge in [0, 0.05) is 61.1 Å². The van der Waals surface area contributed by atoms with E-state index in [0.29, 0.717) is 30.3 Å². The predicted octanol–water partition coefficient (Wildman–Crippen LogP) is 4.35. The van der Waals surface area contributed by atoms with E-state index in [2.05, 4.69) is 14.3 Å². The maximum atomic E-state index is 13.0. The molecule has 1 aliphatic heterocycles. The number of aromatic nitrogens is 3. The molecule has 0 saturated carbocycles. The summed E-state index contributed by atoms with van der Waals surface area (Å²) in [6.45, 7) is 2.70. The lowest BCUT2D eigenvalue weighted by Gasteiger charge is -2.34. The smallest absolute Gasteiger partial charge is 0.254 e. The number of amides is 1. The zero-order valence-corrected chi connectivity index (χ0v) is 18.1. The van der Waals surface area contributed by atoms with E-state index in [1.165, 1.54) is 11.5 Å². The van der Waals surface area contributed by atoms with Gasteiger partial charge in [-0.05, 0) is 24.3 Å². The van der Waals surface area contributed by atoms with E-state index in [0.717, 1.165) is 29.6 Å². The van der Waals surface area contributed by atoms with Crippen molar-refractivity contribution in [3.05, 3.63) is 84.6 Å². The Morgan fingerprint density at radius 2 is 1.72 bits per heavy atom. The van der Waals surface area contributed by atoms with E-state index < -0.39 is 0 Å². The molecule has 1 amide bonds. The van der Waals surface area contributed by atoms with E-state index in [4.69, 9.17) is 9.72 Å². The highest BCUT2D eigenvalue weighted by atomic mass is 32.1. The van der Waals surface area contributed by atoms with Crippen LogP contribution in [0.15, 0.2) is 79.0 Å². The first kappa shape index (κ1) is 20.1. The molecule has 160 valence electrons. The summed E-state index contributed by atoms with van der Waals surface area (Å²) in [5, 5.41) is 0.890. The summed E-state index contributed by atoms with van der Waals surface area (Å²) >= 11 is 1.40. The van der Waals surface area contributed by atoms with Gasteiger partial charge in [-0.15, -0.1) is 0 Å². The van der Waals surface area contributed by atoms with Gasteiger partial charge in [-0.1, -0.05) is 42.5 Å². The second-order valence-corrected chi connectivity index (χ2v) is 8.07. The average Bonchev–Trinajstić information content (AvgIpc) is 3.36. The Morgan fingerprint density at radius 3 is 2.50 bits per heavy atom. The Balaban J connectivity index is 1.22. The monoisotopic (exact) mass is 443 g/mol. The highest BCUT2D eigenvalue weighted by Gasteiger charge is 2.24. The normalized spacial score (nSPS) is 13.8. The first-order valence-electron chi connectivity index (χ1n) is 10.4. The van der Waals surface area contributed by atoms with Crippen LogP contribution in [0.1, 0.15) is 10.4 Å². The predicted molar refractivity (Wildman–Crippen MR) is 124 cm³/mol. The van der Waals surface area contributed by atoms with E-state index >= 15 is 0 Å². The number of pyridine rings is 1. The third-order valence-corrected chi connectivity index (χ3v) is 6.00. The largest absolute Gasteiger partial charge is 0.439 e. The van der Waals surface area contributed by atoms with Gasteiger partial charge >= 0.3 is 0 Å². The molecule has 0 radical (unpaired) electrons. The van der Waals surface area contributed by atoms with Crippen LogP contribution in [0.2, 0.25) is 0 Å². The summed E-state index contributed by atoms with van der Waals surface area (Å²) in [4.78, 5) is 26.0. The second kappa shape index (κ2) is 9.15. The molecule has 0 atom stereocenters. The van der Waals surface area contributed by atoms with Gasteiger partial charge in [0.05, 0.1) is 0 Å². The Labute approximate surface area is 190 Å². The summed E-state index contributed by atoms with van der Waals surface area (Å²) in [7, 11) is 0. The van der Waals surface area contributed by atoms with Gasteiger partial charge in [-0.25, -0.2) is 4.98 Å². The third-order valence-electron chi connectivity index (χ3n) is 5.23. The first-order chi connectivity index (χ1) is 15.8. The Hall–Kier alpha value is -3.78. The van der Waals surface area contributed by atoms with Crippen LogP contribution in [-0.4, -0.2) is 51.3 Å². The van der Waals surface area contributed by atoms with Crippen molar-refractivity contribution >= 4 is 22.6 Å². The molecule has 5 rings (SSSR count). The minimum Gasteiger partial charge on any atom is -0.439 e. The number of hydrogen-bond donors (Lipinski definition) is 0. The third kappa shape index (κ3) is 4.45. The number of carbonyl (C=O) groups excluding carboxylic acids is 1. The molecule has 3 heterocycles. The molecule has 0 aliphatic carbocycles. The lowest BCUT2D eigenvalue weighted by atomic mass is 10.1. The zero-order valence-electron chi connectivity index (χ0n) is 17.3. The van der Waals surface area contributed by atoms with Crippen molar-refractivity contribution in [2.75, 3.05) is 31.1 Å². The second-order valence-electron chi connectivity index (χ2n) is 7.34. The first-order valence-corrected chi connectivity index (χ1v) is 11.2. The number of nitrogens with zero attached hydrogens (tertiary/aromatic N) is 5. The molecule has 7 nitrogen and oxygen atoms in total. The number of rotatable bonds is 5. The summed E-state index contributed by atoms with van der Waals surface area (Å²) in [5.74, 6) is 1.83. The van der Waals surface area contributed by atoms with Crippen molar-refractivity contribution in [1.29, 1.82) is 0 Å².